The van der Waals surface area contributed by atoms with Crippen LogP contribution < -0.4 is 15.5 Å². The van der Waals surface area contributed by atoms with Gasteiger partial charge in [0.1, 0.15) is 0 Å². The van der Waals surface area contributed by atoms with Gasteiger partial charge in [0.2, 0.25) is 0 Å². The van der Waals surface area contributed by atoms with Gasteiger partial charge in [0.15, 0.2) is 5.11 Å². The molecule has 0 unspecified atom stereocenters. The van der Waals surface area contributed by atoms with Gasteiger partial charge in [-0.25, -0.2) is 0 Å². The number of nitriles is 1. The molecule has 0 saturated heterocycles. The van der Waals surface area contributed by atoms with E-state index in [0.717, 1.165) is 29.9 Å². The molecule has 0 aliphatic carbocycles. The monoisotopic (exact) mass is 373 g/mol. The Morgan fingerprint density at radius 1 is 1.24 bits per heavy atom. The van der Waals surface area contributed by atoms with Gasteiger partial charge in [0, 0.05) is 10.7 Å². The first kappa shape index (κ1) is 19.2. The second-order valence-electron chi connectivity index (χ2n) is 6.05. The van der Waals surface area contributed by atoms with E-state index in [1.54, 1.807) is 6.07 Å². The van der Waals surface area contributed by atoms with Gasteiger partial charge in [-0.3, -0.25) is 0 Å². The lowest BCUT2D eigenvalue weighted by Gasteiger charge is -2.15. The predicted octanol–water partition coefficient (Wildman–Crippen LogP) is 2.43. The summed E-state index contributed by atoms with van der Waals surface area (Å²) < 4.78 is 0. The van der Waals surface area contributed by atoms with Gasteiger partial charge in [-0.1, -0.05) is 48.0 Å². The zero-order valence-corrected chi connectivity index (χ0v) is 15.9. The Bertz CT molecular complexity index is 756. The Labute approximate surface area is 159 Å². The summed E-state index contributed by atoms with van der Waals surface area (Å²) >= 11 is 11.7. The molecule has 0 fully saturated rings. The Morgan fingerprint density at radius 3 is 2.56 bits per heavy atom. The predicted molar refractivity (Wildman–Crippen MR) is 107 cm³/mol. The van der Waals surface area contributed by atoms with Crippen LogP contribution in [-0.4, -0.2) is 32.3 Å². The van der Waals surface area contributed by atoms with Gasteiger partial charge >= 0.3 is 0 Å². The molecule has 2 aromatic carbocycles. The van der Waals surface area contributed by atoms with Crippen molar-refractivity contribution < 1.29 is 4.90 Å². The van der Waals surface area contributed by atoms with Crippen LogP contribution in [-0.2, 0) is 0 Å². The molecule has 130 valence electrons. The van der Waals surface area contributed by atoms with Crippen molar-refractivity contribution in [2.24, 2.45) is 0 Å². The van der Waals surface area contributed by atoms with Crippen LogP contribution in [0.15, 0.2) is 48.5 Å². The lowest BCUT2D eigenvalue weighted by atomic mass is 9.92. The fourth-order valence-electron chi connectivity index (χ4n) is 2.41. The highest BCUT2D eigenvalue weighted by molar-refractivity contribution is 7.80. The Balaban J connectivity index is 2.07. The highest BCUT2D eigenvalue weighted by atomic mass is 35.5. The van der Waals surface area contributed by atoms with Crippen LogP contribution in [0.25, 0.3) is 0 Å². The maximum Gasteiger partial charge on any atom is 0.170 e. The zero-order chi connectivity index (χ0) is 18.2. The molecule has 2 aromatic rings. The first-order valence-corrected chi connectivity index (χ1v) is 8.87. The summed E-state index contributed by atoms with van der Waals surface area (Å²) in [5.74, 6) is -0.393. The van der Waals surface area contributed by atoms with E-state index in [-0.39, 0.29) is 0 Å². The zero-order valence-electron chi connectivity index (χ0n) is 14.3. The maximum atomic E-state index is 9.56. The van der Waals surface area contributed by atoms with Crippen molar-refractivity contribution in [3.05, 3.63) is 64.7 Å². The first-order chi connectivity index (χ1) is 12.0. The molecule has 0 aliphatic rings. The number of benzene rings is 2. The van der Waals surface area contributed by atoms with E-state index >= 15 is 0 Å². The molecule has 0 bridgehead atoms. The third-order valence-corrected chi connectivity index (χ3v) is 4.32. The summed E-state index contributed by atoms with van der Waals surface area (Å²) in [5, 5.41) is 16.9. The molecular weight excluding hydrogens is 352 g/mol. The normalized spacial score (nSPS) is 11.6. The molecule has 25 heavy (non-hydrogen) atoms. The molecule has 1 atom stereocenters. The van der Waals surface area contributed by atoms with Gasteiger partial charge in [-0.15, -0.1) is 0 Å². The van der Waals surface area contributed by atoms with Crippen molar-refractivity contribution >= 4 is 34.6 Å². The third kappa shape index (κ3) is 5.71. The molecule has 6 heteroatoms. The highest BCUT2D eigenvalue weighted by Crippen LogP contribution is 2.31. The van der Waals surface area contributed by atoms with Crippen molar-refractivity contribution in [2.75, 3.05) is 32.5 Å². The summed E-state index contributed by atoms with van der Waals surface area (Å²) in [6.45, 7) is 1.77. The van der Waals surface area contributed by atoms with Crippen molar-refractivity contribution in [1.82, 2.24) is 5.32 Å². The van der Waals surface area contributed by atoms with E-state index in [2.05, 4.69) is 30.8 Å². The van der Waals surface area contributed by atoms with Crippen LogP contribution in [0.3, 0.4) is 0 Å². The summed E-state index contributed by atoms with van der Waals surface area (Å²) in [6.07, 6.45) is 0. The van der Waals surface area contributed by atoms with Crippen LogP contribution in [0.2, 0.25) is 5.02 Å². The highest BCUT2D eigenvalue weighted by Gasteiger charge is 2.16. The van der Waals surface area contributed by atoms with E-state index < -0.39 is 5.92 Å². The van der Waals surface area contributed by atoms with Gasteiger partial charge < -0.3 is 15.5 Å². The minimum atomic E-state index is -0.393. The number of nitrogens with one attached hydrogen (secondary N) is 3. The molecule has 4 nitrogen and oxygen atoms in total. The molecule has 0 radical (unpaired) electrons. The molecule has 0 amide bonds. The number of likely N-dealkylation sites (N-methyl/N-ethyl adjacent to an activating group) is 1. The maximum absolute atomic E-state index is 9.56. The van der Waals surface area contributed by atoms with Crippen molar-refractivity contribution in [1.29, 1.82) is 5.26 Å². The van der Waals surface area contributed by atoms with E-state index in [1.165, 1.54) is 4.90 Å². The van der Waals surface area contributed by atoms with Crippen LogP contribution in [0.4, 0.5) is 5.69 Å². The van der Waals surface area contributed by atoms with E-state index in [1.807, 2.05) is 42.5 Å². The van der Waals surface area contributed by atoms with Gasteiger partial charge in [0.05, 0.1) is 39.2 Å². The lowest BCUT2D eigenvalue weighted by molar-refractivity contribution is -0.856. The van der Waals surface area contributed by atoms with Crippen LogP contribution in [0.1, 0.15) is 17.0 Å². The minimum absolute atomic E-state index is 0.393. The Hall–Kier alpha value is -2.13. The Morgan fingerprint density at radius 2 is 1.96 bits per heavy atom. The molecule has 0 heterocycles. The average molecular weight is 374 g/mol. The molecule has 2 rings (SSSR count). The largest absolute Gasteiger partial charge is 0.357 e. The number of thiocarbonyl (C=S) groups is 1. The SMILES string of the molecule is C[NH+](C)CCNC(=S)Nc1ccc([C@@H](C#N)c2ccccc2)c(Cl)c1. The lowest BCUT2D eigenvalue weighted by Crippen LogP contribution is -3.06. The summed E-state index contributed by atoms with van der Waals surface area (Å²) in [4.78, 5) is 1.35. The second-order valence-corrected chi connectivity index (χ2v) is 6.86. The molecular formula is C19H22ClN4S+. The standard InChI is InChI=1S/C19H21ClN4S/c1-24(2)11-10-22-19(25)23-15-8-9-16(18(20)12-15)17(13-21)14-6-4-3-5-7-14/h3-9,12,17H,10-11H2,1-2H3,(H2,22,23,25)/p+1/t17-/m0/s1. The Kier molecular flexibility index (Phi) is 7.20. The quantitative estimate of drug-likeness (QED) is 0.681. The molecule has 3 N–H and O–H groups in total. The number of hydrogen-bond donors (Lipinski definition) is 3. The number of rotatable bonds is 6. The van der Waals surface area contributed by atoms with Crippen molar-refractivity contribution in [3.63, 3.8) is 0 Å². The number of hydrogen-bond acceptors (Lipinski definition) is 2. The molecule has 0 spiro atoms. The molecule has 0 saturated carbocycles. The van der Waals surface area contributed by atoms with E-state index in [9.17, 15) is 5.26 Å². The van der Waals surface area contributed by atoms with Crippen LogP contribution in [0, 0.1) is 11.3 Å². The smallest absolute Gasteiger partial charge is 0.170 e. The van der Waals surface area contributed by atoms with Gasteiger partial charge in [-0.2, -0.15) is 5.26 Å². The molecule has 0 aliphatic heterocycles. The second kappa shape index (κ2) is 9.38. The first-order valence-electron chi connectivity index (χ1n) is 8.09. The van der Waals surface area contributed by atoms with Gasteiger partial charge in [0.25, 0.3) is 0 Å². The number of halogens is 1. The number of quaternary nitrogens is 1. The van der Waals surface area contributed by atoms with E-state index in [4.69, 9.17) is 23.8 Å². The average Bonchev–Trinajstić information content (AvgIpc) is 2.58. The number of nitrogens with zero attached hydrogens (tertiary/aromatic N) is 1. The fourth-order valence-corrected chi connectivity index (χ4v) is 2.92. The topological polar surface area (TPSA) is 52.3 Å². The van der Waals surface area contributed by atoms with Crippen molar-refractivity contribution in [3.8, 4) is 6.07 Å². The fraction of sp³-hybridized carbons (Fsp3) is 0.263. The summed E-state index contributed by atoms with van der Waals surface area (Å²) in [6, 6.07) is 17.5. The van der Waals surface area contributed by atoms with E-state index in [0.29, 0.717) is 10.1 Å². The number of anilines is 1. The third-order valence-electron chi connectivity index (χ3n) is 3.74. The van der Waals surface area contributed by atoms with Crippen molar-refractivity contribution in [2.45, 2.75) is 5.92 Å². The molecule has 0 aromatic heterocycles. The van der Waals surface area contributed by atoms with Crippen LogP contribution in [0.5, 0.6) is 0 Å². The minimum Gasteiger partial charge on any atom is -0.357 e. The van der Waals surface area contributed by atoms with Crippen LogP contribution >= 0.6 is 23.8 Å². The summed E-state index contributed by atoms with van der Waals surface area (Å²) in [5.41, 5.74) is 2.51. The van der Waals surface area contributed by atoms with Gasteiger partial charge in [-0.05, 0) is 35.5 Å². The summed E-state index contributed by atoms with van der Waals surface area (Å²) in [7, 11) is 4.18.